The van der Waals surface area contributed by atoms with E-state index in [9.17, 15) is 4.79 Å². The van der Waals surface area contributed by atoms with E-state index in [0.29, 0.717) is 30.7 Å². The highest BCUT2D eigenvalue weighted by Gasteiger charge is 2.31. The molecule has 1 aliphatic carbocycles. The maximum Gasteiger partial charge on any atom is 0.237 e. The van der Waals surface area contributed by atoms with Crippen LogP contribution < -0.4 is 10.2 Å². The average Bonchev–Trinajstić information content (AvgIpc) is 3.37. The molecule has 1 aromatic rings. The molecule has 2 aliphatic rings. The molecule has 0 spiro atoms. The number of carbonyl (C=O) groups is 1. The summed E-state index contributed by atoms with van der Waals surface area (Å²) in [4.78, 5) is 20.8. The van der Waals surface area contributed by atoms with Crippen molar-refractivity contribution in [3.05, 3.63) is 23.9 Å². The van der Waals surface area contributed by atoms with Crippen LogP contribution in [-0.2, 0) is 4.79 Å². The van der Waals surface area contributed by atoms with Gasteiger partial charge in [0.25, 0.3) is 0 Å². The van der Waals surface area contributed by atoms with Crippen molar-refractivity contribution in [3.63, 3.8) is 0 Å². The molecule has 0 aromatic carbocycles. The number of pyridine rings is 1. The third-order valence-electron chi connectivity index (χ3n) is 5.62. The zero-order valence-electron chi connectivity index (χ0n) is 15.8. The first-order valence-corrected chi connectivity index (χ1v) is 9.71. The number of aromatic nitrogens is 1. The number of nitriles is 2. The summed E-state index contributed by atoms with van der Waals surface area (Å²) in [6, 6.07) is 8.45. The van der Waals surface area contributed by atoms with Crippen molar-refractivity contribution in [2.75, 3.05) is 24.5 Å². The number of carbonyl (C=O) groups excluding carboxylic acids is 1. The minimum absolute atomic E-state index is 0.0311. The van der Waals surface area contributed by atoms with Crippen LogP contribution in [0.4, 0.5) is 5.82 Å². The van der Waals surface area contributed by atoms with Gasteiger partial charge in [-0.15, -0.1) is 0 Å². The van der Waals surface area contributed by atoms with Crippen LogP contribution in [0.2, 0.25) is 0 Å². The summed E-state index contributed by atoms with van der Waals surface area (Å²) >= 11 is 0. The lowest BCUT2D eigenvalue weighted by Gasteiger charge is -2.29. The Labute approximate surface area is 160 Å². The van der Waals surface area contributed by atoms with Gasteiger partial charge in [0.2, 0.25) is 5.91 Å². The average molecular weight is 366 g/mol. The van der Waals surface area contributed by atoms with Crippen molar-refractivity contribution < 1.29 is 4.79 Å². The third-order valence-corrected chi connectivity index (χ3v) is 5.62. The lowest BCUT2D eigenvalue weighted by atomic mass is 10.2. The molecule has 1 aliphatic heterocycles. The SMILES string of the molecule is CCN(c1ccc(C#N)cn1)[C@H]1CC[C@@H](NCC(=O)N2CCC[C@H]2C#N)C1. The van der Waals surface area contributed by atoms with Gasteiger partial charge in [0.1, 0.15) is 17.9 Å². The first-order valence-electron chi connectivity index (χ1n) is 9.71. The number of rotatable bonds is 6. The number of amides is 1. The highest BCUT2D eigenvalue weighted by Crippen LogP contribution is 2.27. The van der Waals surface area contributed by atoms with Crippen molar-refractivity contribution in [2.24, 2.45) is 0 Å². The van der Waals surface area contributed by atoms with E-state index in [-0.39, 0.29) is 11.9 Å². The van der Waals surface area contributed by atoms with E-state index >= 15 is 0 Å². The second-order valence-corrected chi connectivity index (χ2v) is 7.22. The molecule has 2 heterocycles. The highest BCUT2D eigenvalue weighted by atomic mass is 16.2. The van der Waals surface area contributed by atoms with E-state index < -0.39 is 0 Å². The van der Waals surface area contributed by atoms with Crippen LogP contribution in [0.3, 0.4) is 0 Å². The smallest absolute Gasteiger partial charge is 0.237 e. The molecule has 0 unspecified atom stereocenters. The van der Waals surface area contributed by atoms with Crippen LogP contribution in [0.15, 0.2) is 18.3 Å². The summed E-state index contributed by atoms with van der Waals surface area (Å²) in [5, 5.41) is 21.5. The van der Waals surface area contributed by atoms with Gasteiger partial charge in [-0.3, -0.25) is 4.79 Å². The Hall–Kier alpha value is -2.64. The molecule has 7 heteroatoms. The van der Waals surface area contributed by atoms with Gasteiger partial charge in [-0.1, -0.05) is 0 Å². The number of nitrogens with zero attached hydrogens (tertiary/aromatic N) is 5. The molecule has 142 valence electrons. The van der Waals surface area contributed by atoms with Crippen molar-refractivity contribution in [3.8, 4) is 12.1 Å². The Balaban J connectivity index is 1.52. The van der Waals surface area contributed by atoms with Crippen LogP contribution in [0.25, 0.3) is 0 Å². The molecular weight excluding hydrogens is 340 g/mol. The van der Waals surface area contributed by atoms with E-state index in [1.165, 1.54) is 0 Å². The van der Waals surface area contributed by atoms with Gasteiger partial charge < -0.3 is 15.1 Å². The molecule has 1 aromatic heterocycles. The summed E-state index contributed by atoms with van der Waals surface area (Å²) in [6.07, 6.45) is 6.35. The van der Waals surface area contributed by atoms with Crippen molar-refractivity contribution in [2.45, 2.75) is 57.2 Å². The molecule has 27 heavy (non-hydrogen) atoms. The highest BCUT2D eigenvalue weighted by molar-refractivity contribution is 5.79. The molecule has 1 N–H and O–H groups in total. The fraction of sp³-hybridized carbons (Fsp3) is 0.600. The number of anilines is 1. The van der Waals surface area contributed by atoms with Crippen LogP contribution in [0, 0.1) is 22.7 Å². The Morgan fingerprint density at radius 1 is 1.37 bits per heavy atom. The van der Waals surface area contributed by atoms with Crippen molar-refractivity contribution >= 4 is 11.7 Å². The van der Waals surface area contributed by atoms with Gasteiger partial charge in [0, 0.05) is 31.4 Å². The van der Waals surface area contributed by atoms with Crippen molar-refractivity contribution in [1.82, 2.24) is 15.2 Å². The summed E-state index contributed by atoms with van der Waals surface area (Å²) in [5.41, 5.74) is 0.567. The van der Waals surface area contributed by atoms with E-state index in [2.05, 4.69) is 34.3 Å². The van der Waals surface area contributed by atoms with Crippen molar-refractivity contribution in [1.29, 1.82) is 10.5 Å². The fourth-order valence-corrected chi connectivity index (χ4v) is 4.19. The first kappa shape index (κ1) is 19.1. The Morgan fingerprint density at radius 3 is 2.89 bits per heavy atom. The Bertz CT molecular complexity index is 734. The number of hydrogen-bond donors (Lipinski definition) is 1. The van der Waals surface area contributed by atoms with Gasteiger partial charge in [0.05, 0.1) is 18.2 Å². The molecular formula is C20H26N6O. The normalized spacial score (nSPS) is 24.4. The van der Waals surface area contributed by atoms with Gasteiger partial charge in [0.15, 0.2) is 0 Å². The molecule has 7 nitrogen and oxygen atoms in total. The standard InChI is InChI=1S/C20H26N6O/c1-2-25(19-8-5-15(11-21)13-24-19)17-7-6-16(10-17)23-14-20(27)26-9-3-4-18(26)12-22/h5,8,13,16-18,23H,2-4,6-7,9-10,14H2,1H3/t16-,17+,18+/m1/s1. The molecule has 3 rings (SSSR count). The molecule has 0 bridgehead atoms. The summed E-state index contributed by atoms with van der Waals surface area (Å²) in [6.45, 7) is 3.96. The summed E-state index contributed by atoms with van der Waals surface area (Å²) in [5.74, 6) is 0.927. The Kier molecular flexibility index (Phi) is 6.26. The molecule has 1 amide bonds. The lowest BCUT2D eigenvalue weighted by molar-refractivity contribution is -0.130. The second kappa shape index (κ2) is 8.83. The van der Waals surface area contributed by atoms with Gasteiger partial charge >= 0.3 is 0 Å². The second-order valence-electron chi connectivity index (χ2n) is 7.22. The van der Waals surface area contributed by atoms with E-state index in [4.69, 9.17) is 10.5 Å². The van der Waals surface area contributed by atoms with Gasteiger partial charge in [-0.25, -0.2) is 4.98 Å². The molecule has 0 radical (unpaired) electrons. The quantitative estimate of drug-likeness (QED) is 0.825. The van der Waals surface area contributed by atoms with E-state index in [1.54, 1.807) is 17.2 Å². The summed E-state index contributed by atoms with van der Waals surface area (Å²) in [7, 11) is 0. The van der Waals surface area contributed by atoms with E-state index in [0.717, 1.165) is 44.5 Å². The van der Waals surface area contributed by atoms with E-state index in [1.807, 2.05) is 6.07 Å². The monoisotopic (exact) mass is 366 g/mol. The zero-order valence-corrected chi connectivity index (χ0v) is 15.8. The predicted octanol–water partition coefficient (Wildman–Crippen LogP) is 1.80. The summed E-state index contributed by atoms with van der Waals surface area (Å²) < 4.78 is 0. The molecule has 2 fully saturated rings. The van der Waals surface area contributed by atoms with Crippen LogP contribution in [0.1, 0.15) is 44.6 Å². The lowest BCUT2D eigenvalue weighted by Crippen LogP contribution is -2.43. The zero-order chi connectivity index (χ0) is 19.2. The molecule has 3 atom stereocenters. The number of likely N-dealkylation sites (tertiary alicyclic amines) is 1. The minimum atomic E-state index is -0.256. The predicted molar refractivity (Wildman–Crippen MR) is 102 cm³/mol. The van der Waals surface area contributed by atoms with Gasteiger partial charge in [-0.05, 0) is 51.2 Å². The minimum Gasteiger partial charge on any atom is -0.354 e. The number of hydrogen-bond acceptors (Lipinski definition) is 6. The topological polar surface area (TPSA) is 96.1 Å². The van der Waals surface area contributed by atoms with Gasteiger partial charge in [-0.2, -0.15) is 10.5 Å². The molecule has 1 saturated heterocycles. The fourth-order valence-electron chi connectivity index (χ4n) is 4.19. The third kappa shape index (κ3) is 4.37. The maximum atomic E-state index is 12.4. The Morgan fingerprint density at radius 2 is 2.22 bits per heavy atom. The number of nitrogens with one attached hydrogen (secondary N) is 1. The molecule has 1 saturated carbocycles. The van der Waals surface area contributed by atoms with Crippen LogP contribution in [-0.4, -0.2) is 53.6 Å². The van der Waals surface area contributed by atoms with Crippen LogP contribution in [0.5, 0.6) is 0 Å². The maximum absolute atomic E-state index is 12.4. The largest absolute Gasteiger partial charge is 0.354 e. The first-order chi connectivity index (χ1) is 13.2. The van der Waals surface area contributed by atoms with Crippen LogP contribution >= 0.6 is 0 Å².